The number of aromatic carboxylic acids is 1. The van der Waals surface area contributed by atoms with Crippen LogP contribution in [-0.2, 0) is 0 Å². The summed E-state index contributed by atoms with van der Waals surface area (Å²) in [6.07, 6.45) is 0. The van der Waals surface area contributed by atoms with Crippen LogP contribution in [0.3, 0.4) is 0 Å². The molecule has 8 nitrogen and oxygen atoms in total. The normalized spacial score (nSPS) is 10.7. The zero-order valence-corrected chi connectivity index (χ0v) is 11.9. The second kappa shape index (κ2) is 5.41. The maximum atomic E-state index is 11.2. The van der Waals surface area contributed by atoms with Gasteiger partial charge < -0.3 is 14.6 Å². The molecule has 0 unspecified atom stereocenters. The average Bonchev–Trinajstić information content (AvgIpc) is 2.94. The molecule has 1 heterocycles. The standard InChI is InChI=1S/C15H11N3O5/c1-23-11-5-2-9(3-6-11)17-13-8-10(18(21)22)4-7-12(13)14(16-17)15(19)20/h2-8H,1H3,(H,19,20)/p-1. The first-order valence-electron chi connectivity index (χ1n) is 6.54. The minimum Gasteiger partial charge on any atom is -0.543 e. The summed E-state index contributed by atoms with van der Waals surface area (Å²) in [7, 11) is 1.52. The largest absolute Gasteiger partial charge is 0.543 e. The van der Waals surface area contributed by atoms with Crippen LogP contribution >= 0.6 is 0 Å². The number of benzene rings is 2. The fourth-order valence-electron chi connectivity index (χ4n) is 2.29. The summed E-state index contributed by atoms with van der Waals surface area (Å²) in [4.78, 5) is 21.6. The molecule has 0 bridgehead atoms. The van der Waals surface area contributed by atoms with E-state index in [2.05, 4.69) is 5.10 Å². The predicted molar refractivity (Wildman–Crippen MR) is 78.6 cm³/mol. The van der Waals surface area contributed by atoms with E-state index < -0.39 is 10.9 Å². The van der Waals surface area contributed by atoms with Crippen LogP contribution in [-0.4, -0.2) is 27.8 Å². The van der Waals surface area contributed by atoms with Crippen molar-refractivity contribution in [2.75, 3.05) is 7.11 Å². The molecule has 8 heteroatoms. The summed E-state index contributed by atoms with van der Waals surface area (Å²) in [5.41, 5.74) is 0.426. The third-order valence-corrected chi connectivity index (χ3v) is 3.39. The van der Waals surface area contributed by atoms with Gasteiger partial charge in [-0.2, -0.15) is 5.10 Å². The molecule has 3 aromatic rings. The molecule has 0 saturated carbocycles. The number of hydrogen-bond acceptors (Lipinski definition) is 6. The Bertz CT molecular complexity index is 915. The van der Waals surface area contributed by atoms with Crippen molar-refractivity contribution in [1.82, 2.24) is 9.78 Å². The van der Waals surface area contributed by atoms with Crippen LogP contribution < -0.4 is 9.84 Å². The summed E-state index contributed by atoms with van der Waals surface area (Å²) in [6.45, 7) is 0. The van der Waals surface area contributed by atoms with Crippen molar-refractivity contribution < 1.29 is 19.6 Å². The van der Waals surface area contributed by atoms with Crippen molar-refractivity contribution in [2.24, 2.45) is 0 Å². The summed E-state index contributed by atoms with van der Waals surface area (Å²) in [6, 6.07) is 10.6. The molecule has 0 amide bonds. The van der Waals surface area contributed by atoms with E-state index in [0.29, 0.717) is 17.0 Å². The predicted octanol–water partition coefficient (Wildman–Crippen LogP) is 1.31. The van der Waals surface area contributed by atoms with Gasteiger partial charge in [0.05, 0.1) is 29.2 Å². The smallest absolute Gasteiger partial charge is 0.271 e. The number of aromatic nitrogens is 2. The molecule has 0 spiro atoms. The second-order valence-corrected chi connectivity index (χ2v) is 4.70. The molecule has 0 radical (unpaired) electrons. The Kier molecular flexibility index (Phi) is 3.41. The molecule has 0 saturated heterocycles. The molecule has 0 N–H and O–H groups in total. The number of carbonyl (C=O) groups is 1. The lowest BCUT2D eigenvalue weighted by atomic mass is 10.2. The molecular weight excluding hydrogens is 302 g/mol. The highest BCUT2D eigenvalue weighted by Crippen LogP contribution is 2.26. The van der Waals surface area contributed by atoms with Gasteiger partial charge in [-0.3, -0.25) is 10.1 Å². The third-order valence-electron chi connectivity index (χ3n) is 3.39. The molecule has 0 atom stereocenters. The van der Waals surface area contributed by atoms with Crippen LogP contribution in [0.5, 0.6) is 5.75 Å². The number of fused-ring (bicyclic) bond motifs is 1. The van der Waals surface area contributed by atoms with Crippen molar-refractivity contribution in [3.63, 3.8) is 0 Å². The summed E-state index contributed by atoms with van der Waals surface area (Å²) in [5.74, 6) is -0.826. The minimum absolute atomic E-state index is 0.156. The SMILES string of the molecule is COc1ccc(-n2nc(C(=O)[O-])c3ccc([N+](=O)[O-])cc32)cc1. The third kappa shape index (κ3) is 2.46. The van der Waals surface area contributed by atoms with E-state index in [9.17, 15) is 20.0 Å². The maximum absolute atomic E-state index is 11.2. The number of methoxy groups -OCH3 is 1. The van der Waals surface area contributed by atoms with Gasteiger partial charge in [-0.15, -0.1) is 0 Å². The Hall–Kier alpha value is -3.42. The van der Waals surface area contributed by atoms with E-state index in [-0.39, 0.29) is 16.8 Å². The topological polar surface area (TPSA) is 110 Å². The van der Waals surface area contributed by atoms with Crippen LogP contribution in [0.2, 0.25) is 0 Å². The Morgan fingerprint density at radius 3 is 2.48 bits per heavy atom. The van der Waals surface area contributed by atoms with Gasteiger partial charge in [-0.1, -0.05) is 0 Å². The summed E-state index contributed by atoms with van der Waals surface area (Å²) < 4.78 is 6.39. The number of nitrogens with zero attached hydrogens (tertiary/aromatic N) is 3. The van der Waals surface area contributed by atoms with E-state index >= 15 is 0 Å². The Labute approximate surface area is 129 Å². The summed E-state index contributed by atoms with van der Waals surface area (Å²) >= 11 is 0. The van der Waals surface area contributed by atoms with Gasteiger partial charge in [-0.05, 0) is 30.3 Å². The molecule has 3 rings (SSSR count). The average molecular weight is 312 g/mol. The molecule has 0 fully saturated rings. The van der Waals surface area contributed by atoms with E-state index in [0.717, 1.165) is 0 Å². The number of carboxylic acids is 1. The van der Waals surface area contributed by atoms with Crippen LogP contribution in [0.4, 0.5) is 5.69 Å². The zero-order chi connectivity index (χ0) is 16.6. The van der Waals surface area contributed by atoms with Gasteiger partial charge in [0, 0.05) is 17.5 Å². The monoisotopic (exact) mass is 312 g/mol. The van der Waals surface area contributed by atoms with E-state index in [4.69, 9.17) is 4.74 Å². The van der Waals surface area contributed by atoms with Crippen LogP contribution in [0.25, 0.3) is 16.6 Å². The number of rotatable bonds is 4. The van der Waals surface area contributed by atoms with Crippen molar-refractivity contribution >= 4 is 22.6 Å². The van der Waals surface area contributed by atoms with Crippen molar-refractivity contribution in [3.8, 4) is 11.4 Å². The van der Waals surface area contributed by atoms with Gasteiger partial charge in [0.2, 0.25) is 0 Å². The second-order valence-electron chi connectivity index (χ2n) is 4.70. The molecule has 1 aromatic heterocycles. The maximum Gasteiger partial charge on any atom is 0.271 e. The molecule has 0 aliphatic heterocycles. The fourth-order valence-corrected chi connectivity index (χ4v) is 2.29. The number of hydrogen-bond donors (Lipinski definition) is 0. The molecule has 0 aliphatic rings. The van der Waals surface area contributed by atoms with Crippen molar-refractivity contribution in [1.29, 1.82) is 0 Å². The number of carboxylic acid groups (broad SMARTS) is 1. The Morgan fingerprint density at radius 1 is 1.22 bits per heavy atom. The molecule has 2 aromatic carbocycles. The summed E-state index contributed by atoms with van der Waals surface area (Å²) in [5, 5.41) is 26.5. The number of nitro groups is 1. The molecular formula is C15H10N3O5-. The lowest BCUT2D eigenvalue weighted by molar-refractivity contribution is -0.384. The zero-order valence-electron chi connectivity index (χ0n) is 11.9. The highest BCUT2D eigenvalue weighted by molar-refractivity contribution is 6.01. The van der Waals surface area contributed by atoms with Gasteiger partial charge in [-0.25, -0.2) is 4.68 Å². The Balaban J connectivity index is 2.27. The lowest BCUT2D eigenvalue weighted by Crippen LogP contribution is -2.23. The van der Waals surface area contributed by atoms with Crippen molar-refractivity contribution in [3.05, 3.63) is 58.3 Å². The number of ether oxygens (including phenoxy) is 1. The molecule has 23 heavy (non-hydrogen) atoms. The first-order valence-corrected chi connectivity index (χ1v) is 6.54. The Morgan fingerprint density at radius 2 is 1.91 bits per heavy atom. The number of non-ortho nitro benzene ring substituents is 1. The number of carbonyl (C=O) groups excluding carboxylic acids is 1. The van der Waals surface area contributed by atoms with Gasteiger partial charge in [0.15, 0.2) is 0 Å². The van der Waals surface area contributed by atoms with Crippen molar-refractivity contribution in [2.45, 2.75) is 0 Å². The minimum atomic E-state index is -1.45. The molecule has 0 aliphatic carbocycles. The fraction of sp³-hybridized carbons (Fsp3) is 0.0667. The van der Waals surface area contributed by atoms with Gasteiger partial charge in [0.25, 0.3) is 5.69 Å². The van der Waals surface area contributed by atoms with Gasteiger partial charge >= 0.3 is 0 Å². The van der Waals surface area contributed by atoms with E-state index in [1.165, 1.54) is 30.0 Å². The highest BCUT2D eigenvalue weighted by Gasteiger charge is 2.16. The molecule has 116 valence electrons. The van der Waals surface area contributed by atoms with E-state index in [1.807, 2.05) is 0 Å². The van der Waals surface area contributed by atoms with Crippen LogP contribution in [0.1, 0.15) is 10.5 Å². The van der Waals surface area contributed by atoms with Crippen LogP contribution in [0.15, 0.2) is 42.5 Å². The van der Waals surface area contributed by atoms with Crippen LogP contribution in [0, 0.1) is 10.1 Å². The first-order chi connectivity index (χ1) is 11.0. The first kappa shape index (κ1) is 14.5. The van der Waals surface area contributed by atoms with Gasteiger partial charge in [0.1, 0.15) is 11.4 Å². The lowest BCUT2D eigenvalue weighted by Gasteiger charge is -2.05. The quantitative estimate of drug-likeness (QED) is 0.530. The van der Waals surface area contributed by atoms with E-state index in [1.54, 1.807) is 24.3 Å². The highest BCUT2D eigenvalue weighted by atomic mass is 16.6. The number of nitro benzene ring substituents is 1.